The van der Waals surface area contributed by atoms with E-state index in [1.165, 1.54) is 18.0 Å². The number of aromatic nitrogens is 1. The second-order valence-corrected chi connectivity index (χ2v) is 7.45. The first kappa shape index (κ1) is 19.9. The Balaban J connectivity index is 1.65. The van der Waals surface area contributed by atoms with Crippen molar-refractivity contribution in [2.75, 3.05) is 16.4 Å². The fraction of sp³-hybridized carbons (Fsp3) is 0.0952. The molecule has 5 nitrogen and oxygen atoms in total. The number of hydrogen-bond donors (Lipinski definition) is 2. The van der Waals surface area contributed by atoms with E-state index in [1.54, 1.807) is 36.4 Å². The predicted octanol–water partition coefficient (Wildman–Crippen LogP) is 5.03. The van der Waals surface area contributed by atoms with Crippen molar-refractivity contribution in [3.8, 4) is 0 Å². The quantitative estimate of drug-likeness (QED) is 0.558. The first-order chi connectivity index (χ1) is 13.5. The van der Waals surface area contributed by atoms with Gasteiger partial charge in [-0.25, -0.2) is 4.98 Å². The van der Waals surface area contributed by atoms with E-state index < -0.39 is 0 Å². The van der Waals surface area contributed by atoms with Crippen LogP contribution in [0.5, 0.6) is 0 Å². The molecule has 142 valence electrons. The Hall–Kier alpha value is -2.83. The molecule has 0 spiro atoms. The molecule has 0 aliphatic heterocycles. The molecule has 0 unspecified atom stereocenters. The minimum Gasteiger partial charge on any atom is -0.325 e. The van der Waals surface area contributed by atoms with Gasteiger partial charge in [0.1, 0.15) is 0 Å². The molecule has 0 atom stereocenters. The molecular formula is C21H18ClN3O2S. The molecule has 3 rings (SSSR count). The van der Waals surface area contributed by atoms with Gasteiger partial charge in [0, 0.05) is 11.9 Å². The number of rotatable bonds is 6. The van der Waals surface area contributed by atoms with Crippen LogP contribution in [0.3, 0.4) is 0 Å². The maximum absolute atomic E-state index is 12.6. The Kier molecular flexibility index (Phi) is 6.68. The van der Waals surface area contributed by atoms with Crippen LogP contribution < -0.4 is 10.6 Å². The van der Waals surface area contributed by atoms with Gasteiger partial charge in [0.25, 0.3) is 5.91 Å². The van der Waals surface area contributed by atoms with Gasteiger partial charge in [0.2, 0.25) is 5.91 Å². The van der Waals surface area contributed by atoms with Gasteiger partial charge >= 0.3 is 0 Å². The number of para-hydroxylation sites is 1. The second-order valence-electron chi connectivity index (χ2n) is 6.02. The number of anilines is 2. The van der Waals surface area contributed by atoms with Crippen molar-refractivity contribution in [2.45, 2.75) is 11.9 Å². The zero-order valence-corrected chi connectivity index (χ0v) is 16.7. The van der Waals surface area contributed by atoms with Crippen molar-refractivity contribution in [1.29, 1.82) is 0 Å². The molecule has 0 fully saturated rings. The summed E-state index contributed by atoms with van der Waals surface area (Å²) in [5, 5.41) is 6.90. The lowest BCUT2D eigenvalue weighted by atomic mass is 10.1. The average molecular weight is 412 g/mol. The molecule has 28 heavy (non-hydrogen) atoms. The summed E-state index contributed by atoms with van der Waals surface area (Å²) in [5.74, 6) is -0.339. The highest BCUT2D eigenvalue weighted by atomic mass is 35.5. The van der Waals surface area contributed by atoms with E-state index >= 15 is 0 Å². The van der Waals surface area contributed by atoms with Gasteiger partial charge in [-0.3, -0.25) is 9.59 Å². The molecule has 2 N–H and O–H groups in total. The van der Waals surface area contributed by atoms with Crippen LogP contribution >= 0.6 is 23.4 Å². The summed E-state index contributed by atoms with van der Waals surface area (Å²) >= 11 is 7.10. The van der Waals surface area contributed by atoms with Gasteiger partial charge < -0.3 is 10.6 Å². The van der Waals surface area contributed by atoms with Gasteiger partial charge in [0.05, 0.1) is 27.1 Å². The fourth-order valence-electron chi connectivity index (χ4n) is 2.48. The van der Waals surface area contributed by atoms with E-state index in [0.717, 1.165) is 5.56 Å². The Labute approximate surface area is 172 Å². The monoisotopic (exact) mass is 411 g/mol. The van der Waals surface area contributed by atoms with Gasteiger partial charge in [-0.15, -0.1) is 0 Å². The van der Waals surface area contributed by atoms with Crippen molar-refractivity contribution in [1.82, 2.24) is 4.98 Å². The molecular weight excluding hydrogens is 394 g/mol. The summed E-state index contributed by atoms with van der Waals surface area (Å²) in [4.78, 5) is 29.1. The summed E-state index contributed by atoms with van der Waals surface area (Å²) in [6.45, 7) is 1.96. The lowest BCUT2D eigenvalue weighted by molar-refractivity contribution is -0.113. The normalized spacial score (nSPS) is 10.4. The Morgan fingerprint density at radius 2 is 1.86 bits per heavy atom. The Bertz CT molecular complexity index is 993. The molecule has 0 radical (unpaired) electrons. The third kappa shape index (κ3) is 5.58. The summed E-state index contributed by atoms with van der Waals surface area (Å²) in [5.41, 5.74) is 2.61. The number of hydrogen-bond acceptors (Lipinski definition) is 4. The van der Waals surface area contributed by atoms with E-state index in [4.69, 9.17) is 11.6 Å². The molecule has 3 aromatic rings. The second kappa shape index (κ2) is 9.39. The number of amides is 2. The predicted molar refractivity (Wildman–Crippen MR) is 114 cm³/mol. The first-order valence-electron chi connectivity index (χ1n) is 8.52. The molecule has 0 aliphatic rings. The largest absolute Gasteiger partial charge is 0.325 e. The number of aryl methyl sites for hydroxylation is 1. The number of pyridine rings is 1. The number of halogens is 1. The van der Waals surface area contributed by atoms with E-state index in [-0.39, 0.29) is 17.6 Å². The van der Waals surface area contributed by atoms with Gasteiger partial charge in [-0.2, -0.15) is 0 Å². The number of carbonyl (C=O) groups is 2. The number of nitrogens with one attached hydrogen (secondary N) is 2. The number of nitrogens with zero attached hydrogens (tertiary/aromatic N) is 1. The summed E-state index contributed by atoms with van der Waals surface area (Å²) in [6, 6.07) is 17.9. The van der Waals surface area contributed by atoms with Crippen molar-refractivity contribution < 1.29 is 9.59 Å². The van der Waals surface area contributed by atoms with Crippen LogP contribution in [0.25, 0.3) is 0 Å². The van der Waals surface area contributed by atoms with Crippen LogP contribution in [0.2, 0.25) is 5.02 Å². The van der Waals surface area contributed by atoms with Gasteiger partial charge in [-0.05, 0) is 48.9 Å². The van der Waals surface area contributed by atoms with Gasteiger partial charge in [0.15, 0.2) is 0 Å². The lowest BCUT2D eigenvalue weighted by Gasteiger charge is -2.12. The van der Waals surface area contributed by atoms with Crippen LogP contribution in [0.1, 0.15) is 15.9 Å². The van der Waals surface area contributed by atoms with Crippen molar-refractivity contribution in [2.24, 2.45) is 0 Å². The highest BCUT2D eigenvalue weighted by Crippen LogP contribution is 2.20. The SMILES string of the molecule is Cc1cccc(NC(=O)c2ccccc2NC(=O)CSc2ccc(Cl)cn2)c1. The Morgan fingerprint density at radius 1 is 1.04 bits per heavy atom. The zero-order valence-electron chi connectivity index (χ0n) is 15.1. The van der Waals surface area contributed by atoms with Crippen molar-refractivity contribution in [3.63, 3.8) is 0 Å². The standard InChI is InChI=1S/C21H18ClN3O2S/c1-14-5-4-6-16(11-14)24-21(27)17-7-2-3-8-18(17)25-19(26)13-28-20-10-9-15(22)12-23-20/h2-12H,13H2,1H3,(H,24,27)(H,25,26). The van der Waals surface area contributed by atoms with Crippen molar-refractivity contribution in [3.05, 3.63) is 83.0 Å². The Morgan fingerprint density at radius 3 is 2.61 bits per heavy atom. The zero-order chi connectivity index (χ0) is 19.9. The third-order valence-electron chi connectivity index (χ3n) is 3.77. The fourth-order valence-corrected chi connectivity index (χ4v) is 3.24. The number of benzene rings is 2. The summed E-state index contributed by atoms with van der Waals surface area (Å²) in [7, 11) is 0. The van der Waals surface area contributed by atoms with Crippen molar-refractivity contribution >= 4 is 46.6 Å². The molecule has 0 saturated heterocycles. The molecule has 1 heterocycles. The van der Waals surface area contributed by atoms with Crippen LogP contribution in [-0.2, 0) is 4.79 Å². The molecule has 0 saturated carbocycles. The molecule has 0 bridgehead atoms. The minimum atomic E-state index is -0.284. The third-order valence-corrected chi connectivity index (χ3v) is 4.94. The van der Waals surface area contributed by atoms with E-state index in [9.17, 15) is 9.59 Å². The highest BCUT2D eigenvalue weighted by molar-refractivity contribution is 7.99. The summed E-state index contributed by atoms with van der Waals surface area (Å²) < 4.78 is 0. The molecule has 0 aliphatic carbocycles. The lowest BCUT2D eigenvalue weighted by Crippen LogP contribution is -2.19. The molecule has 1 aromatic heterocycles. The van der Waals surface area contributed by atoms with E-state index in [1.807, 2.05) is 31.2 Å². The molecule has 2 amide bonds. The van der Waals surface area contributed by atoms with Gasteiger partial charge in [-0.1, -0.05) is 47.6 Å². The van der Waals surface area contributed by atoms with Crippen LogP contribution in [0.15, 0.2) is 71.9 Å². The first-order valence-corrected chi connectivity index (χ1v) is 9.89. The smallest absolute Gasteiger partial charge is 0.257 e. The van der Waals surface area contributed by atoms with Crippen LogP contribution in [-0.4, -0.2) is 22.6 Å². The van der Waals surface area contributed by atoms with Crippen LogP contribution in [0, 0.1) is 6.92 Å². The summed E-state index contributed by atoms with van der Waals surface area (Å²) in [6.07, 6.45) is 1.53. The number of thioether (sulfide) groups is 1. The minimum absolute atomic E-state index is 0.169. The maximum atomic E-state index is 12.6. The van der Waals surface area contributed by atoms with E-state index in [2.05, 4.69) is 15.6 Å². The highest BCUT2D eigenvalue weighted by Gasteiger charge is 2.14. The average Bonchev–Trinajstić information content (AvgIpc) is 2.68. The molecule has 7 heteroatoms. The topological polar surface area (TPSA) is 71.1 Å². The van der Waals surface area contributed by atoms with E-state index in [0.29, 0.717) is 27.0 Å². The molecule has 2 aromatic carbocycles. The maximum Gasteiger partial charge on any atom is 0.257 e. The van der Waals surface area contributed by atoms with Crippen LogP contribution in [0.4, 0.5) is 11.4 Å². The number of carbonyl (C=O) groups excluding carboxylic acids is 2.